The molecule has 1 atom stereocenters. The zero-order valence-electron chi connectivity index (χ0n) is 23.8. The molecule has 0 aliphatic carbocycles. The molecule has 7 nitrogen and oxygen atoms in total. The van der Waals surface area contributed by atoms with Crippen molar-refractivity contribution in [3.63, 3.8) is 0 Å². The Morgan fingerprint density at radius 1 is 1.05 bits per heavy atom. The molecule has 0 saturated heterocycles. The van der Waals surface area contributed by atoms with Crippen molar-refractivity contribution >= 4 is 17.5 Å². The number of hydrogen-bond donors (Lipinski definition) is 0. The van der Waals surface area contributed by atoms with E-state index < -0.39 is 0 Å². The Morgan fingerprint density at radius 3 is 2.50 bits per heavy atom. The van der Waals surface area contributed by atoms with Crippen LogP contribution in [0.4, 0.5) is 5.69 Å². The molecule has 1 aliphatic rings. The van der Waals surface area contributed by atoms with Crippen LogP contribution in [0.1, 0.15) is 63.2 Å². The van der Waals surface area contributed by atoms with Crippen molar-refractivity contribution in [1.82, 2.24) is 9.80 Å². The molecule has 7 heteroatoms. The van der Waals surface area contributed by atoms with Gasteiger partial charge in [-0.25, -0.2) is 0 Å². The van der Waals surface area contributed by atoms with Gasteiger partial charge in [0, 0.05) is 45.5 Å². The van der Waals surface area contributed by atoms with Gasteiger partial charge in [-0.05, 0) is 56.4 Å². The maximum absolute atomic E-state index is 13.6. The molecule has 2 amide bonds. The number of nitrogens with zero attached hydrogens (tertiary/aromatic N) is 3. The number of carbonyl (C=O) groups is 2. The number of ether oxygens (including phenoxy) is 2. The summed E-state index contributed by atoms with van der Waals surface area (Å²) in [6.07, 6.45) is 4.68. The van der Waals surface area contributed by atoms with Gasteiger partial charge in [0.15, 0.2) is 6.61 Å². The molecule has 2 aromatic carbocycles. The average Bonchev–Trinajstić information content (AvgIpc) is 2.91. The van der Waals surface area contributed by atoms with Gasteiger partial charge in [0.05, 0.1) is 11.6 Å². The number of amides is 2. The molecule has 3 rings (SSSR count). The fourth-order valence-electron chi connectivity index (χ4n) is 4.89. The Bertz CT molecular complexity index is 1040. The number of carbonyl (C=O) groups excluding carboxylic acids is 2. The summed E-state index contributed by atoms with van der Waals surface area (Å²) in [5.41, 5.74) is 1.60. The maximum Gasteiger partial charge on any atom is 0.260 e. The number of hydrogen-bond acceptors (Lipinski definition) is 5. The Balaban J connectivity index is 1.82. The van der Waals surface area contributed by atoms with E-state index in [9.17, 15) is 9.59 Å². The van der Waals surface area contributed by atoms with Crippen LogP contribution in [0.5, 0.6) is 11.5 Å². The highest BCUT2D eigenvalue weighted by atomic mass is 16.5. The second-order valence-corrected chi connectivity index (χ2v) is 10.7. The fraction of sp³-hybridized carbons (Fsp3) is 0.548. The smallest absolute Gasteiger partial charge is 0.260 e. The van der Waals surface area contributed by atoms with Crippen LogP contribution in [0, 0.1) is 5.92 Å². The Labute approximate surface area is 228 Å². The fourth-order valence-corrected chi connectivity index (χ4v) is 4.89. The second-order valence-electron chi connectivity index (χ2n) is 10.7. The Morgan fingerprint density at radius 2 is 1.79 bits per heavy atom. The summed E-state index contributed by atoms with van der Waals surface area (Å²) in [6, 6.07) is 15.1. The predicted octanol–water partition coefficient (Wildman–Crippen LogP) is 5.49. The third-order valence-electron chi connectivity index (χ3n) is 7.00. The molecule has 1 aliphatic heterocycles. The van der Waals surface area contributed by atoms with Crippen molar-refractivity contribution in [3.05, 3.63) is 54.1 Å². The van der Waals surface area contributed by atoms with E-state index in [1.54, 1.807) is 0 Å². The van der Waals surface area contributed by atoms with Crippen molar-refractivity contribution in [2.24, 2.45) is 5.92 Å². The van der Waals surface area contributed by atoms with Gasteiger partial charge in [0.25, 0.3) is 11.8 Å². The van der Waals surface area contributed by atoms with Gasteiger partial charge in [0.1, 0.15) is 18.1 Å². The lowest BCUT2D eigenvalue weighted by Crippen LogP contribution is -2.47. The van der Waals surface area contributed by atoms with E-state index in [0.717, 1.165) is 44.3 Å². The largest absolute Gasteiger partial charge is 0.491 e. The Hall–Kier alpha value is -3.22. The van der Waals surface area contributed by atoms with Gasteiger partial charge in [-0.3, -0.25) is 9.59 Å². The molecule has 0 fully saturated rings. The third-order valence-corrected chi connectivity index (χ3v) is 7.00. The molecule has 0 bridgehead atoms. The number of benzene rings is 2. The number of para-hydroxylation sites is 1. The predicted molar refractivity (Wildman–Crippen MR) is 153 cm³/mol. The van der Waals surface area contributed by atoms with Crippen LogP contribution in [0.15, 0.2) is 48.5 Å². The number of rotatable bonds is 7. The van der Waals surface area contributed by atoms with E-state index in [1.807, 2.05) is 84.2 Å². The van der Waals surface area contributed by atoms with Crippen molar-refractivity contribution < 1.29 is 19.1 Å². The monoisotopic (exact) mass is 523 g/mol. The van der Waals surface area contributed by atoms with E-state index in [4.69, 9.17) is 9.47 Å². The van der Waals surface area contributed by atoms with Crippen LogP contribution >= 0.6 is 0 Å². The van der Waals surface area contributed by atoms with Gasteiger partial charge in [-0.15, -0.1) is 0 Å². The zero-order chi connectivity index (χ0) is 27.5. The third kappa shape index (κ3) is 8.40. The highest BCUT2D eigenvalue weighted by molar-refractivity contribution is 5.97. The molecule has 2 aromatic rings. The highest BCUT2D eigenvalue weighted by Gasteiger charge is 2.27. The van der Waals surface area contributed by atoms with Crippen LogP contribution in [0.25, 0.3) is 0 Å². The lowest BCUT2D eigenvalue weighted by molar-refractivity contribution is -0.137. The quantitative estimate of drug-likeness (QED) is 0.480. The summed E-state index contributed by atoms with van der Waals surface area (Å²) in [6.45, 7) is 8.71. The molecule has 1 heterocycles. The lowest BCUT2D eigenvalue weighted by Gasteiger charge is -2.33. The SMILES string of the molecule is CCN1CCCCCCN(C(=O)COc2cccc(N(C)C)c2)[C@@H](CC(C)C)COc2ccccc2C1=O. The summed E-state index contributed by atoms with van der Waals surface area (Å²) in [5, 5.41) is 0. The lowest BCUT2D eigenvalue weighted by atomic mass is 10.0. The topological polar surface area (TPSA) is 62.3 Å². The van der Waals surface area contributed by atoms with E-state index in [-0.39, 0.29) is 24.5 Å². The zero-order valence-corrected chi connectivity index (χ0v) is 23.8. The van der Waals surface area contributed by atoms with E-state index in [0.29, 0.717) is 42.7 Å². The van der Waals surface area contributed by atoms with Gasteiger partial charge in [-0.2, -0.15) is 0 Å². The van der Waals surface area contributed by atoms with Crippen LogP contribution in [-0.4, -0.2) is 74.6 Å². The van der Waals surface area contributed by atoms with E-state index >= 15 is 0 Å². The van der Waals surface area contributed by atoms with Crippen molar-refractivity contribution in [1.29, 1.82) is 0 Å². The molecular weight excluding hydrogens is 478 g/mol. The average molecular weight is 524 g/mol. The summed E-state index contributed by atoms with van der Waals surface area (Å²) in [7, 11) is 3.96. The van der Waals surface area contributed by atoms with Crippen LogP contribution in [-0.2, 0) is 4.79 Å². The standard InChI is InChI=1S/C31H45N3O4/c1-6-33-18-11-7-8-12-19-34(30(35)23-37-27-15-13-14-25(21-27)32(4)5)26(20-24(2)3)22-38-29-17-10-9-16-28(29)31(33)36/h9-10,13-17,21,24,26H,6-8,11-12,18-20,22-23H2,1-5H3/t26-/m0/s1. The second kappa shape index (κ2) is 14.6. The van der Waals surface area contributed by atoms with Gasteiger partial charge in [0.2, 0.25) is 0 Å². The van der Waals surface area contributed by atoms with Gasteiger partial charge in [-0.1, -0.05) is 44.9 Å². The van der Waals surface area contributed by atoms with Crippen molar-refractivity contribution in [2.75, 3.05) is 51.8 Å². The molecule has 0 aromatic heterocycles. The number of fused-ring (bicyclic) bond motifs is 1. The van der Waals surface area contributed by atoms with Crippen LogP contribution in [0.3, 0.4) is 0 Å². The minimum absolute atomic E-state index is 0.00172. The van der Waals surface area contributed by atoms with Gasteiger partial charge < -0.3 is 24.2 Å². The maximum atomic E-state index is 13.6. The molecule has 208 valence electrons. The van der Waals surface area contributed by atoms with Crippen LogP contribution in [0.2, 0.25) is 0 Å². The summed E-state index contributed by atoms with van der Waals surface area (Å²) >= 11 is 0. The van der Waals surface area contributed by atoms with E-state index in [1.165, 1.54) is 0 Å². The minimum Gasteiger partial charge on any atom is -0.491 e. The van der Waals surface area contributed by atoms with Crippen molar-refractivity contribution in [2.45, 2.75) is 58.9 Å². The highest BCUT2D eigenvalue weighted by Crippen LogP contribution is 2.24. The summed E-state index contributed by atoms with van der Waals surface area (Å²) in [5.74, 6) is 1.59. The van der Waals surface area contributed by atoms with Gasteiger partial charge >= 0.3 is 0 Å². The minimum atomic E-state index is -0.118. The first-order valence-electron chi connectivity index (χ1n) is 14.0. The van der Waals surface area contributed by atoms with Crippen molar-refractivity contribution in [3.8, 4) is 11.5 Å². The normalized spacial score (nSPS) is 17.4. The summed E-state index contributed by atoms with van der Waals surface area (Å²) in [4.78, 5) is 32.8. The molecule has 0 unspecified atom stereocenters. The first kappa shape index (κ1) is 29.3. The summed E-state index contributed by atoms with van der Waals surface area (Å²) < 4.78 is 12.3. The molecule has 0 spiro atoms. The molecule has 0 radical (unpaired) electrons. The molecular formula is C31H45N3O4. The Kier molecular flexibility index (Phi) is 11.3. The van der Waals surface area contributed by atoms with Crippen LogP contribution < -0.4 is 14.4 Å². The first-order valence-corrected chi connectivity index (χ1v) is 14.0. The molecule has 0 saturated carbocycles. The first-order chi connectivity index (χ1) is 18.3. The number of anilines is 1. The molecule has 38 heavy (non-hydrogen) atoms. The van der Waals surface area contributed by atoms with E-state index in [2.05, 4.69) is 13.8 Å². The molecule has 0 N–H and O–H groups in total.